The average molecular weight is 216 g/mol. The fraction of sp³-hybridized carbons (Fsp3) is 0.455. The van der Waals surface area contributed by atoms with Crippen LogP contribution in [0.1, 0.15) is 13.8 Å². The van der Waals surface area contributed by atoms with Crippen LogP contribution in [-0.2, 0) is 4.74 Å². The van der Waals surface area contributed by atoms with Gasteiger partial charge in [-0.05, 0) is 19.9 Å². The minimum absolute atomic E-state index is 0.534. The Balaban J connectivity index is 4.49. The second kappa shape index (κ2) is 7.65. The second-order valence-corrected chi connectivity index (χ2v) is 3.48. The molecule has 2 nitrogen and oxygen atoms in total. The highest BCUT2D eigenvalue weighted by Crippen LogP contribution is 2.07. The quantitative estimate of drug-likeness (QED) is 0.688. The number of hydrogen-bond donors (Lipinski definition) is 1. The van der Waals surface area contributed by atoms with E-state index >= 15 is 0 Å². The van der Waals surface area contributed by atoms with Gasteiger partial charge in [-0.2, -0.15) is 0 Å². The normalized spacial score (nSPS) is 12.9. The first-order chi connectivity index (χ1) is 6.61. The Morgan fingerprint density at radius 2 is 2.14 bits per heavy atom. The molecular weight excluding hydrogens is 198 g/mol. The summed E-state index contributed by atoms with van der Waals surface area (Å²) in [6.45, 7) is 9.15. The largest absolute Gasteiger partial charge is 0.386 e. The molecule has 0 bridgehead atoms. The molecule has 0 aromatic carbocycles. The summed E-state index contributed by atoms with van der Waals surface area (Å²) in [7, 11) is 1.66. The van der Waals surface area contributed by atoms with E-state index in [9.17, 15) is 0 Å². The molecule has 80 valence electrons. The van der Waals surface area contributed by atoms with Crippen molar-refractivity contribution in [2.75, 3.05) is 20.3 Å². The van der Waals surface area contributed by atoms with Crippen LogP contribution in [0.2, 0.25) is 0 Å². The third-order valence-corrected chi connectivity index (χ3v) is 1.72. The molecule has 0 radical (unpaired) electrons. The summed E-state index contributed by atoms with van der Waals surface area (Å²) in [5, 5.41) is 3.88. The minimum Gasteiger partial charge on any atom is -0.386 e. The maximum absolute atomic E-state index is 5.73. The number of ether oxygens (including phenoxy) is 1. The van der Waals surface area contributed by atoms with Gasteiger partial charge in [0.25, 0.3) is 0 Å². The summed E-state index contributed by atoms with van der Waals surface area (Å²) in [5.41, 5.74) is 1.89. The van der Waals surface area contributed by atoms with Crippen molar-refractivity contribution >= 4 is 11.6 Å². The van der Waals surface area contributed by atoms with Crippen LogP contribution >= 0.6 is 11.6 Å². The van der Waals surface area contributed by atoms with Crippen LogP contribution < -0.4 is 5.32 Å². The van der Waals surface area contributed by atoms with Crippen LogP contribution in [0.4, 0.5) is 0 Å². The van der Waals surface area contributed by atoms with E-state index < -0.39 is 0 Å². The molecular formula is C11H18ClNO. The zero-order valence-corrected chi connectivity index (χ0v) is 9.82. The van der Waals surface area contributed by atoms with Crippen molar-refractivity contribution in [3.05, 3.63) is 35.0 Å². The molecule has 0 heterocycles. The molecule has 0 aliphatic heterocycles. The Morgan fingerprint density at radius 3 is 2.57 bits per heavy atom. The van der Waals surface area contributed by atoms with E-state index in [0.29, 0.717) is 6.61 Å². The molecule has 1 N–H and O–H groups in total. The van der Waals surface area contributed by atoms with E-state index in [1.165, 1.54) is 0 Å². The number of rotatable bonds is 6. The lowest BCUT2D eigenvalue weighted by Crippen LogP contribution is -2.15. The van der Waals surface area contributed by atoms with Crippen LogP contribution in [0.25, 0.3) is 0 Å². The Hall–Kier alpha value is -0.730. The standard InChI is InChI=1S/C11H18ClNO/c1-5-13-10(3)11(8-14-4)7-6-9(2)12/h6-7,13H,3,5,8H2,1-2,4H3/b9-6+,11-7-. The molecule has 0 fully saturated rings. The Morgan fingerprint density at radius 1 is 1.50 bits per heavy atom. The topological polar surface area (TPSA) is 21.3 Å². The molecule has 0 aromatic heterocycles. The van der Waals surface area contributed by atoms with Crippen molar-refractivity contribution in [1.29, 1.82) is 0 Å². The van der Waals surface area contributed by atoms with Gasteiger partial charge in [-0.25, -0.2) is 0 Å². The Labute approximate surface area is 91.3 Å². The lowest BCUT2D eigenvalue weighted by Gasteiger charge is -2.10. The average Bonchev–Trinajstić information content (AvgIpc) is 2.12. The van der Waals surface area contributed by atoms with Crippen LogP contribution in [0.15, 0.2) is 35.0 Å². The molecule has 0 aliphatic carbocycles. The zero-order valence-electron chi connectivity index (χ0n) is 9.06. The van der Waals surface area contributed by atoms with Crippen molar-refractivity contribution < 1.29 is 4.74 Å². The third kappa shape index (κ3) is 5.84. The van der Waals surface area contributed by atoms with Gasteiger partial charge in [0, 0.05) is 30.0 Å². The predicted octanol–water partition coefficient (Wildman–Crippen LogP) is 2.83. The van der Waals surface area contributed by atoms with Crippen LogP contribution in [-0.4, -0.2) is 20.3 Å². The first-order valence-corrected chi connectivity index (χ1v) is 4.94. The summed E-state index contributed by atoms with van der Waals surface area (Å²) in [6.07, 6.45) is 3.75. The molecule has 0 rings (SSSR count). The SMILES string of the molecule is C=C(NCC)/C(=C\C=C(/C)Cl)COC. The van der Waals surface area contributed by atoms with E-state index in [1.54, 1.807) is 7.11 Å². The molecule has 14 heavy (non-hydrogen) atoms. The first kappa shape index (κ1) is 13.3. The highest BCUT2D eigenvalue weighted by molar-refractivity contribution is 6.29. The van der Waals surface area contributed by atoms with Gasteiger partial charge in [-0.1, -0.05) is 24.3 Å². The van der Waals surface area contributed by atoms with E-state index in [0.717, 1.165) is 22.8 Å². The number of likely N-dealkylation sites (N-methyl/N-ethyl adjacent to an activating group) is 1. The third-order valence-electron chi connectivity index (χ3n) is 1.59. The van der Waals surface area contributed by atoms with Gasteiger partial charge < -0.3 is 10.1 Å². The summed E-state index contributed by atoms with van der Waals surface area (Å²) in [6, 6.07) is 0. The number of hydrogen-bond acceptors (Lipinski definition) is 2. The van der Waals surface area contributed by atoms with Gasteiger partial charge in [0.2, 0.25) is 0 Å². The Bertz CT molecular complexity index is 240. The van der Waals surface area contributed by atoms with E-state index in [-0.39, 0.29) is 0 Å². The molecule has 0 saturated heterocycles. The maximum Gasteiger partial charge on any atom is 0.0732 e. The van der Waals surface area contributed by atoms with Gasteiger partial charge in [0.15, 0.2) is 0 Å². The fourth-order valence-electron chi connectivity index (χ4n) is 0.934. The van der Waals surface area contributed by atoms with E-state index in [4.69, 9.17) is 16.3 Å². The van der Waals surface area contributed by atoms with Crippen molar-refractivity contribution in [2.45, 2.75) is 13.8 Å². The van der Waals surface area contributed by atoms with Gasteiger partial charge in [0.1, 0.15) is 0 Å². The lowest BCUT2D eigenvalue weighted by atomic mass is 10.2. The molecule has 0 spiro atoms. The summed E-state index contributed by atoms with van der Waals surface area (Å²) in [5.74, 6) is 0. The number of methoxy groups -OCH3 is 1. The monoisotopic (exact) mass is 215 g/mol. The highest BCUT2D eigenvalue weighted by Gasteiger charge is 1.99. The first-order valence-electron chi connectivity index (χ1n) is 4.56. The predicted molar refractivity (Wildman–Crippen MR) is 62.4 cm³/mol. The van der Waals surface area contributed by atoms with Gasteiger partial charge in [-0.3, -0.25) is 0 Å². The molecule has 3 heteroatoms. The lowest BCUT2D eigenvalue weighted by molar-refractivity contribution is 0.226. The van der Waals surface area contributed by atoms with Crippen molar-refractivity contribution in [2.24, 2.45) is 0 Å². The van der Waals surface area contributed by atoms with Crippen molar-refractivity contribution in [3.8, 4) is 0 Å². The van der Waals surface area contributed by atoms with Gasteiger partial charge in [0.05, 0.1) is 6.61 Å². The fourth-order valence-corrected chi connectivity index (χ4v) is 0.997. The van der Waals surface area contributed by atoms with Crippen molar-refractivity contribution in [3.63, 3.8) is 0 Å². The van der Waals surface area contributed by atoms with Gasteiger partial charge >= 0.3 is 0 Å². The smallest absolute Gasteiger partial charge is 0.0732 e. The van der Waals surface area contributed by atoms with Crippen LogP contribution in [0.3, 0.4) is 0 Å². The molecule has 0 unspecified atom stereocenters. The molecule has 0 saturated carbocycles. The summed E-state index contributed by atoms with van der Waals surface area (Å²) >= 11 is 5.73. The van der Waals surface area contributed by atoms with Crippen molar-refractivity contribution in [1.82, 2.24) is 5.32 Å². The van der Waals surface area contributed by atoms with E-state index in [1.807, 2.05) is 26.0 Å². The summed E-state index contributed by atoms with van der Waals surface area (Å²) in [4.78, 5) is 0. The van der Waals surface area contributed by atoms with Gasteiger partial charge in [-0.15, -0.1) is 0 Å². The molecule has 0 aliphatic rings. The summed E-state index contributed by atoms with van der Waals surface area (Å²) < 4.78 is 5.06. The number of halogens is 1. The molecule has 0 atom stereocenters. The van der Waals surface area contributed by atoms with Crippen LogP contribution in [0, 0.1) is 0 Å². The number of allylic oxidation sites excluding steroid dienone is 3. The number of nitrogens with one attached hydrogen (secondary N) is 1. The van der Waals surface area contributed by atoms with E-state index in [2.05, 4.69) is 11.9 Å². The highest BCUT2D eigenvalue weighted by atomic mass is 35.5. The zero-order chi connectivity index (χ0) is 11.0. The van der Waals surface area contributed by atoms with Crippen LogP contribution in [0.5, 0.6) is 0 Å². The maximum atomic E-state index is 5.73. The Kier molecular flexibility index (Phi) is 7.25. The molecule has 0 amide bonds. The minimum atomic E-state index is 0.534. The second-order valence-electron chi connectivity index (χ2n) is 2.89. The molecule has 0 aromatic rings.